The van der Waals surface area contributed by atoms with Crippen LogP contribution in [0.25, 0.3) is 11.3 Å². The van der Waals surface area contributed by atoms with Crippen molar-refractivity contribution in [2.75, 3.05) is 5.32 Å². The van der Waals surface area contributed by atoms with Crippen molar-refractivity contribution in [1.82, 2.24) is 4.98 Å². The Morgan fingerprint density at radius 2 is 1.72 bits per heavy atom. The molecule has 1 amide bonds. The molecule has 2 aromatic carbocycles. The van der Waals surface area contributed by atoms with Gasteiger partial charge in [-0.3, -0.25) is 30.3 Å². The van der Waals surface area contributed by atoms with Crippen LogP contribution in [0.3, 0.4) is 0 Å². The van der Waals surface area contributed by atoms with Gasteiger partial charge in [-0.2, -0.15) is 0 Å². The molecular formula is C20H12N4O6S2. The van der Waals surface area contributed by atoms with Gasteiger partial charge in [0.15, 0.2) is 5.13 Å². The highest BCUT2D eigenvalue weighted by molar-refractivity contribution is 7.18. The molecule has 12 heteroatoms. The third-order valence-corrected chi connectivity index (χ3v) is 5.89. The number of nitrogens with zero attached hydrogens (tertiary/aromatic N) is 3. The van der Waals surface area contributed by atoms with Crippen molar-refractivity contribution in [3.8, 4) is 22.1 Å². The van der Waals surface area contributed by atoms with Gasteiger partial charge in [-0.15, -0.1) is 11.3 Å². The molecule has 1 N–H and O–H groups in total. The zero-order valence-corrected chi connectivity index (χ0v) is 17.6. The van der Waals surface area contributed by atoms with E-state index in [1.54, 1.807) is 30.3 Å². The SMILES string of the molecule is O=C(Nc1nc(-c2cccc([N+](=O)[O-])c2)c(Oc2ccccc2)s1)c1cc([N+](=O)[O-])cs1. The number of nitro groups is 2. The summed E-state index contributed by atoms with van der Waals surface area (Å²) in [5, 5.41) is 26.4. The number of carbonyl (C=O) groups is 1. The van der Waals surface area contributed by atoms with Crippen LogP contribution in [0.4, 0.5) is 16.5 Å². The van der Waals surface area contributed by atoms with Gasteiger partial charge in [-0.1, -0.05) is 41.7 Å². The second kappa shape index (κ2) is 8.91. The van der Waals surface area contributed by atoms with Crippen LogP contribution >= 0.6 is 22.7 Å². The minimum Gasteiger partial charge on any atom is -0.444 e. The number of benzene rings is 2. The summed E-state index contributed by atoms with van der Waals surface area (Å²) in [6.45, 7) is 0. The molecule has 4 aromatic rings. The third-order valence-electron chi connectivity index (χ3n) is 4.12. The number of non-ortho nitro benzene ring substituents is 1. The summed E-state index contributed by atoms with van der Waals surface area (Å²) in [6, 6.07) is 16.0. The topological polar surface area (TPSA) is 138 Å². The van der Waals surface area contributed by atoms with E-state index in [0.29, 0.717) is 22.1 Å². The number of thiazole rings is 1. The van der Waals surface area contributed by atoms with Crippen molar-refractivity contribution in [3.63, 3.8) is 0 Å². The van der Waals surface area contributed by atoms with Crippen LogP contribution in [0.1, 0.15) is 9.67 Å². The Labute approximate surface area is 188 Å². The Bertz CT molecular complexity index is 1320. The number of nitro benzene ring substituents is 1. The minimum atomic E-state index is -0.580. The van der Waals surface area contributed by atoms with E-state index >= 15 is 0 Å². The average molecular weight is 468 g/mol. The van der Waals surface area contributed by atoms with Crippen molar-refractivity contribution in [1.29, 1.82) is 0 Å². The number of carbonyl (C=O) groups excluding carboxylic acids is 1. The van der Waals surface area contributed by atoms with Gasteiger partial charge >= 0.3 is 0 Å². The van der Waals surface area contributed by atoms with Gasteiger partial charge in [0.25, 0.3) is 17.3 Å². The lowest BCUT2D eigenvalue weighted by Gasteiger charge is -2.05. The van der Waals surface area contributed by atoms with Crippen molar-refractivity contribution >= 4 is 45.1 Å². The molecule has 0 aliphatic rings. The van der Waals surface area contributed by atoms with Crippen LogP contribution in [0.5, 0.6) is 10.8 Å². The van der Waals surface area contributed by atoms with Gasteiger partial charge in [0.1, 0.15) is 11.4 Å². The van der Waals surface area contributed by atoms with Crippen LogP contribution < -0.4 is 10.1 Å². The summed E-state index contributed by atoms with van der Waals surface area (Å²) in [5.41, 5.74) is 0.464. The maximum Gasteiger partial charge on any atom is 0.280 e. The summed E-state index contributed by atoms with van der Waals surface area (Å²) in [6.07, 6.45) is 0. The molecule has 10 nitrogen and oxygen atoms in total. The van der Waals surface area contributed by atoms with Crippen molar-refractivity contribution in [2.45, 2.75) is 0 Å². The highest BCUT2D eigenvalue weighted by atomic mass is 32.1. The maximum atomic E-state index is 12.5. The molecule has 4 rings (SSSR count). The van der Waals surface area contributed by atoms with Crippen LogP contribution in [0, 0.1) is 20.2 Å². The van der Waals surface area contributed by atoms with E-state index in [2.05, 4.69) is 10.3 Å². The van der Waals surface area contributed by atoms with Gasteiger partial charge < -0.3 is 4.74 Å². The maximum absolute atomic E-state index is 12.5. The number of anilines is 1. The predicted molar refractivity (Wildman–Crippen MR) is 120 cm³/mol. The Hall–Kier alpha value is -4.16. The van der Waals surface area contributed by atoms with Gasteiger partial charge in [-0.05, 0) is 12.1 Å². The summed E-state index contributed by atoms with van der Waals surface area (Å²) in [5.74, 6) is -0.0386. The van der Waals surface area contributed by atoms with Crippen LogP contribution in [-0.2, 0) is 0 Å². The highest BCUT2D eigenvalue weighted by Gasteiger charge is 2.21. The first-order valence-electron chi connectivity index (χ1n) is 8.93. The molecule has 0 unspecified atom stereocenters. The highest BCUT2D eigenvalue weighted by Crippen LogP contribution is 2.41. The molecule has 2 aromatic heterocycles. The molecule has 0 saturated heterocycles. The smallest absolute Gasteiger partial charge is 0.280 e. The van der Waals surface area contributed by atoms with Crippen molar-refractivity contribution in [2.24, 2.45) is 0 Å². The lowest BCUT2D eigenvalue weighted by atomic mass is 10.1. The number of hydrogen-bond donors (Lipinski definition) is 1. The molecule has 0 spiro atoms. The van der Waals surface area contributed by atoms with Gasteiger partial charge in [0, 0.05) is 23.8 Å². The van der Waals surface area contributed by atoms with Crippen LogP contribution in [0.15, 0.2) is 66.0 Å². The lowest BCUT2D eigenvalue weighted by molar-refractivity contribution is -0.384. The second-order valence-corrected chi connectivity index (χ2v) is 8.13. The Kier molecular flexibility index (Phi) is 5.87. The average Bonchev–Trinajstić information content (AvgIpc) is 3.42. The quantitative estimate of drug-likeness (QED) is 0.270. The van der Waals surface area contributed by atoms with E-state index in [0.717, 1.165) is 22.7 Å². The second-order valence-electron chi connectivity index (χ2n) is 6.26. The number of rotatable bonds is 7. The molecule has 0 bridgehead atoms. The predicted octanol–water partition coefficient (Wildman–Crippen LogP) is 5.73. The van der Waals surface area contributed by atoms with Crippen molar-refractivity contribution < 1.29 is 19.4 Å². The molecular weight excluding hydrogens is 456 g/mol. The molecule has 0 aliphatic carbocycles. The van der Waals surface area contributed by atoms with E-state index in [1.165, 1.54) is 29.6 Å². The third kappa shape index (κ3) is 4.61. The van der Waals surface area contributed by atoms with E-state index in [9.17, 15) is 25.0 Å². The number of amides is 1. The summed E-state index contributed by atoms with van der Waals surface area (Å²) in [7, 11) is 0. The number of nitrogens with one attached hydrogen (secondary N) is 1. The van der Waals surface area contributed by atoms with E-state index in [1.807, 2.05) is 6.07 Å². The number of thiophene rings is 1. The number of ether oxygens (including phenoxy) is 1. The van der Waals surface area contributed by atoms with Crippen LogP contribution in [0.2, 0.25) is 0 Å². The standard InChI is InChI=1S/C20H12N4O6S2/c25-18(16-10-14(11-31-16)24(28)29)22-20-21-17(12-5-4-6-13(9-12)23(26)27)19(32-20)30-15-7-2-1-3-8-15/h1-11H,(H,21,22,25). The first kappa shape index (κ1) is 21.1. The number of para-hydroxylation sites is 1. The normalized spacial score (nSPS) is 10.5. The van der Waals surface area contributed by atoms with Crippen LogP contribution in [-0.4, -0.2) is 20.7 Å². The van der Waals surface area contributed by atoms with Gasteiger partial charge in [0.2, 0.25) is 5.06 Å². The van der Waals surface area contributed by atoms with Crippen molar-refractivity contribution in [3.05, 3.63) is 91.1 Å². The largest absolute Gasteiger partial charge is 0.444 e. The number of hydrogen-bond acceptors (Lipinski definition) is 9. The minimum absolute atomic E-state index is 0.113. The fourth-order valence-electron chi connectivity index (χ4n) is 2.67. The molecule has 160 valence electrons. The first-order chi connectivity index (χ1) is 15.4. The summed E-state index contributed by atoms with van der Waals surface area (Å²) < 4.78 is 5.92. The summed E-state index contributed by atoms with van der Waals surface area (Å²) in [4.78, 5) is 38.0. The zero-order valence-electron chi connectivity index (χ0n) is 16.0. The lowest BCUT2D eigenvalue weighted by Crippen LogP contribution is -2.09. The van der Waals surface area contributed by atoms with Gasteiger partial charge in [-0.25, -0.2) is 4.98 Å². The zero-order chi connectivity index (χ0) is 22.7. The monoisotopic (exact) mass is 468 g/mol. The fraction of sp³-hybridized carbons (Fsp3) is 0. The summed E-state index contributed by atoms with van der Waals surface area (Å²) >= 11 is 1.97. The molecule has 32 heavy (non-hydrogen) atoms. The van der Waals surface area contributed by atoms with E-state index < -0.39 is 15.8 Å². The fourth-order valence-corrected chi connectivity index (χ4v) is 4.28. The number of aromatic nitrogens is 1. The molecule has 0 saturated carbocycles. The molecule has 0 aliphatic heterocycles. The van der Waals surface area contributed by atoms with E-state index in [4.69, 9.17) is 4.74 Å². The Morgan fingerprint density at radius 1 is 0.969 bits per heavy atom. The van der Waals surface area contributed by atoms with Gasteiger partial charge in [0.05, 0.1) is 20.1 Å². The Balaban J connectivity index is 1.68. The van der Waals surface area contributed by atoms with E-state index in [-0.39, 0.29) is 21.4 Å². The molecule has 0 radical (unpaired) electrons. The molecule has 0 atom stereocenters. The first-order valence-corrected chi connectivity index (χ1v) is 10.6. The molecule has 0 fully saturated rings. The molecule has 2 heterocycles. The Morgan fingerprint density at radius 3 is 2.41 bits per heavy atom.